The van der Waals surface area contributed by atoms with Gasteiger partial charge in [-0.1, -0.05) is 20.8 Å². The summed E-state index contributed by atoms with van der Waals surface area (Å²) in [5, 5.41) is 10.4. The Labute approximate surface area is 169 Å². The molecule has 1 heterocycles. The van der Waals surface area contributed by atoms with Gasteiger partial charge in [-0.3, -0.25) is 4.79 Å². The van der Waals surface area contributed by atoms with Crippen LogP contribution in [0.4, 0.5) is 5.00 Å². The molecule has 146 valence electrons. The van der Waals surface area contributed by atoms with Crippen LogP contribution in [-0.2, 0) is 17.6 Å². The van der Waals surface area contributed by atoms with Gasteiger partial charge in [-0.15, -0.1) is 11.3 Å². The van der Waals surface area contributed by atoms with Crippen molar-refractivity contribution in [1.82, 2.24) is 0 Å². The highest BCUT2D eigenvalue weighted by Crippen LogP contribution is 2.44. The van der Waals surface area contributed by atoms with Crippen LogP contribution >= 0.6 is 11.3 Å². The zero-order valence-corrected chi connectivity index (χ0v) is 17.3. The first-order valence-electron chi connectivity index (χ1n) is 9.38. The molecule has 1 aliphatic rings. The first-order chi connectivity index (χ1) is 13.3. The average molecular weight is 396 g/mol. The molecule has 0 fully saturated rings. The van der Waals surface area contributed by atoms with Gasteiger partial charge in [0.15, 0.2) is 6.61 Å². The number of aliphatic imine (C=N–C) groups is 1. The maximum atomic E-state index is 10.8. The van der Waals surface area contributed by atoms with Gasteiger partial charge in [-0.05, 0) is 66.0 Å². The predicted molar refractivity (Wildman–Crippen MR) is 112 cm³/mol. The van der Waals surface area contributed by atoms with Crippen LogP contribution in [-0.4, -0.2) is 18.7 Å². The molecule has 0 saturated heterocycles. The lowest BCUT2D eigenvalue weighted by molar-refractivity contribution is -0.119. The number of amides is 1. The van der Waals surface area contributed by atoms with E-state index in [1.807, 2.05) is 12.1 Å². The molecule has 6 heteroatoms. The van der Waals surface area contributed by atoms with E-state index < -0.39 is 5.91 Å². The maximum Gasteiger partial charge on any atom is 0.255 e. The van der Waals surface area contributed by atoms with Crippen molar-refractivity contribution in [1.29, 1.82) is 5.26 Å². The summed E-state index contributed by atoms with van der Waals surface area (Å²) in [5.74, 6) is 0.702. The second-order valence-corrected chi connectivity index (χ2v) is 9.27. The molecular formula is C22H25N3O2S. The lowest BCUT2D eigenvalue weighted by Crippen LogP contribution is -2.26. The zero-order valence-electron chi connectivity index (χ0n) is 16.5. The SMILES string of the molecule is CC(C)(C)[C@@H]1CCc2c(sc(N=Cc3ccc(OCC(N)=O)cc3)c2C#N)C1. The van der Waals surface area contributed by atoms with E-state index in [2.05, 4.69) is 31.8 Å². The van der Waals surface area contributed by atoms with Crippen LogP contribution in [0.15, 0.2) is 29.3 Å². The number of hydrogen-bond donors (Lipinski definition) is 1. The van der Waals surface area contributed by atoms with Crippen LogP contribution in [0.5, 0.6) is 5.75 Å². The minimum atomic E-state index is -0.509. The number of ether oxygens (including phenoxy) is 1. The molecule has 1 aliphatic carbocycles. The topological polar surface area (TPSA) is 88.5 Å². The van der Waals surface area contributed by atoms with E-state index >= 15 is 0 Å². The Kier molecular flexibility index (Phi) is 5.85. The minimum Gasteiger partial charge on any atom is -0.484 e. The third-order valence-electron chi connectivity index (χ3n) is 5.18. The number of nitrogens with two attached hydrogens (primary N) is 1. The maximum absolute atomic E-state index is 10.8. The fraction of sp³-hybridized carbons (Fsp3) is 0.409. The molecule has 5 nitrogen and oxygen atoms in total. The van der Waals surface area contributed by atoms with E-state index in [0.717, 1.165) is 35.4 Å². The Hall–Kier alpha value is -2.65. The molecule has 0 unspecified atom stereocenters. The number of thiophene rings is 1. The number of carbonyl (C=O) groups is 1. The predicted octanol–water partition coefficient (Wildman–Crippen LogP) is 4.39. The van der Waals surface area contributed by atoms with Crippen LogP contribution in [0.1, 0.15) is 48.8 Å². The molecule has 28 heavy (non-hydrogen) atoms. The van der Waals surface area contributed by atoms with E-state index in [-0.39, 0.29) is 12.0 Å². The van der Waals surface area contributed by atoms with E-state index in [4.69, 9.17) is 10.5 Å². The molecule has 1 aromatic carbocycles. The van der Waals surface area contributed by atoms with E-state index in [1.54, 1.807) is 29.7 Å². The second-order valence-electron chi connectivity index (χ2n) is 8.18. The molecule has 0 aliphatic heterocycles. The van der Waals surface area contributed by atoms with Crippen LogP contribution in [0, 0.1) is 22.7 Å². The summed E-state index contributed by atoms with van der Waals surface area (Å²) < 4.78 is 5.25. The van der Waals surface area contributed by atoms with Crippen molar-refractivity contribution in [3.8, 4) is 11.8 Å². The van der Waals surface area contributed by atoms with Gasteiger partial charge in [0.25, 0.3) is 5.91 Å². The number of benzene rings is 1. The van der Waals surface area contributed by atoms with E-state index in [9.17, 15) is 10.1 Å². The summed E-state index contributed by atoms with van der Waals surface area (Å²) in [6.45, 7) is 6.72. The third-order valence-corrected chi connectivity index (χ3v) is 6.34. The largest absolute Gasteiger partial charge is 0.484 e. The minimum absolute atomic E-state index is 0.144. The monoisotopic (exact) mass is 395 g/mol. The zero-order chi connectivity index (χ0) is 20.3. The van der Waals surface area contributed by atoms with E-state index in [0.29, 0.717) is 11.7 Å². The van der Waals surface area contributed by atoms with Gasteiger partial charge in [-0.25, -0.2) is 4.99 Å². The second kappa shape index (κ2) is 8.15. The van der Waals surface area contributed by atoms with Crippen molar-refractivity contribution < 1.29 is 9.53 Å². The Morgan fingerprint density at radius 1 is 1.39 bits per heavy atom. The summed E-state index contributed by atoms with van der Waals surface area (Å²) in [5.41, 5.74) is 8.16. The summed E-state index contributed by atoms with van der Waals surface area (Å²) in [6, 6.07) is 9.61. The number of rotatable bonds is 5. The van der Waals surface area contributed by atoms with Gasteiger partial charge >= 0.3 is 0 Å². The first kappa shape index (κ1) is 20.1. The molecule has 0 radical (unpaired) electrons. The Morgan fingerprint density at radius 2 is 2.11 bits per heavy atom. The van der Waals surface area contributed by atoms with Gasteiger partial charge in [0.2, 0.25) is 0 Å². The highest BCUT2D eigenvalue weighted by molar-refractivity contribution is 7.16. The molecule has 1 atom stereocenters. The van der Waals surface area contributed by atoms with Crippen LogP contribution in [0.25, 0.3) is 0 Å². The molecule has 2 aromatic rings. The fourth-order valence-corrected chi connectivity index (χ4v) is 4.68. The van der Waals surface area contributed by atoms with Crippen molar-refractivity contribution in [3.63, 3.8) is 0 Å². The van der Waals surface area contributed by atoms with E-state index in [1.165, 1.54) is 10.4 Å². The van der Waals surface area contributed by atoms with Crippen molar-refractivity contribution in [3.05, 3.63) is 45.8 Å². The van der Waals surface area contributed by atoms with Crippen LogP contribution in [0.2, 0.25) is 0 Å². The first-order valence-corrected chi connectivity index (χ1v) is 10.2. The summed E-state index contributed by atoms with van der Waals surface area (Å²) in [6.07, 6.45) is 4.87. The van der Waals surface area contributed by atoms with Gasteiger partial charge in [0.1, 0.15) is 16.8 Å². The molecule has 3 rings (SSSR count). The Bertz CT molecular complexity index is 930. The molecule has 0 bridgehead atoms. The third kappa shape index (κ3) is 4.60. The summed E-state index contributed by atoms with van der Waals surface area (Å²) >= 11 is 1.64. The normalized spacial score (nSPS) is 16.6. The number of fused-ring (bicyclic) bond motifs is 1. The molecular weight excluding hydrogens is 370 g/mol. The number of nitrogens with zero attached hydrogens (tertiary/aromatic N) is 2. The molecule has 1 amide bonds. The van der Waals surface area contributed by atoms with Gasteiger partial charge in [0, 0.05) is 11.1 Å². The van der Waals surface area contributed by atoms with Crippen molar-refractivity contribution in [2.75, 3.05) is 6.61 Å². The van der Waals surface area contributed by atoms with Crippen molar-refractivity contribution in [2.45, 2.75) is 40.0 Å². The Balaban J connectivity index is 1.77. The fourth-order valence-electron chi connectivity index (χ4n) is 3.45. The lowest BCUT2D eigenvalue weighted by atomic mass is 9.72. The van der Waals surface area contributed by atoms with Gasteiger partial charge < -0.3 is 10.5 Å². The Morgan fingerprint density at radius 3 is 2.71 bits per heavy atom. The molecule has 2 N–H and O–H groups in total. The highest BCUT2D eigenvalue weighted by atomic mass is 32.1. The summed E-state index contributed by atoms with van der Waals surface area (Å²) in [4.78, 5) is 16.7. The molecule has 0 saturated carbocycles. The highest BCUT2D eigenvalue weighted by Gasteiger charge is 2.32. The lowest BCUT2D eigenvalue weighted by Gasteiger charge is -2.33. The quantitative estimate of drug-likeness (QED) is 0.762. The molecule has 1 aromatic heterocycles. The van der Waals surface area contributed by atoms with Gasteiger partial charge in [0.05, 0.1) is 5.56 Å². The van der Waals surface area contributed by atoms with Crippen LogP contribution < -0.4 is 10.5 Å². The summed E-state index contributed by atoms with van der Waals surface area (Å²) in [7, 11) is 0. The number of nitriles is 1. The standard InChI is InChI=1S/C22H25N3O2S/c1-22(2,3)15-6-9-17-18(11-23)21(28-19(17)10-15)25-12-14-4-7-16(8-5-14)27-13-20(24)26/h4-5,7-8,12,15H,6,9-10,13H2,1-3H3,(H2,24,26)/t15-/m1/s1. The number of hydrogen-bond acceptors (Lipinski definition) is 5. The van der Waals surface area contributed by atoms with Crippen molar-refractivity contribution >= 4 is 28.5 Å². The average Bonchev–Trinajstić information content (AvgIpc) is 3.01. The molecule has 0 spiro atoms. The van der Waals surface area contributed by atoms with Crippen LogP contribution in [0.3, 0.4) is 0 Å². The van der Waals surface area contributed by atoms with Gasteiger partial charge in [-0.2, -0.15) is 5.26 Å². The number of primary amides is 1. The smallest absolute Gasteiger partial charge is 0.255 e. The van der Waals surface area contributed by atoms with Crippen molar-refractivity contribution in [2.24, 2.45) is 22.1 Å². The number of carbonyl (C=O) groups excluding carboxylic acids is 1.